The molecule has 1 aliphatic rings. The van der Waals surface area contributed by atoms with Crippen LogP contribution in [0.3, 0.4) is 0 Å². The molecule has 3 aromatic carbocycles. The van der Waals surface area contributed by atoms with Crippen LogP contribution in [0, 0.1) is 17.0 Å². The summed E-state index contributed by atoms with van der Waals surface area (Å²) in [5, 5.41) is 13.0. The summed E-state index contributed by atoms with van der Waals surface area (Å²) in [4.78, 5) is 38.9. The summed E-state index contributed by atoms with van der Waals surface area (Å²) in [6, 6.07) is 11.9. The van der Waals surface area contributed by atoms with Crippen molar-refractivity contribution in [3.63, 3.8) is 0 Å². The van der Waals surface area contributed by atoms with Crippen molar-refractivity contribution in [1.29, 1.82) is 0 Å². The molecule has 0 spiro atoms. The SMILES string of the molecule is COCCCN1C(=O)c2cccc3c(-c4ccc(Br)c(C)c4)c([N+](=O)[O-])cc(c23)C1=O. The summed E-state index contributed by atoms with van der Waals surface area (Å²) in [5.41, 5.74) is 2.35. The number of amides is 2. The number of ether oxygens (including phenoxy) is 1. The van der Waals surface area contributed by atoms with Gasteiger partial charge in [-0.1, -0.05) is 40.2 Å². The van der Waals surface area contributed by atoms with Gasteiger partial charge in [0.05, 0.1) is 16.1 Å². The lowest BCUT2D eigenvalue weighted by atomic mass is 9.87. The van der Waals surface area contributed by atoms with E-state index in [0.29, 0.717) is 40.5 Å². The van der Waals surface area contributed by atoms with E-state index in [2.05, 4.69) is 15.9 Å². The molecule has 0 saturated heterocycles. The van der Waals surface area contributed by atoms with E-state index in [9.17, 15) is 19.7 Å². The summed E-state index contributed by atoms with van der Waals surface area (Å²) in [5.74, 6) is -0.919. The van der Waals surface area contributed by atoms with E-state index >= 15 is 0 Å². The Hall–Kier alpha value is -3.10. The van der Waals surface area contributed by atoms with Crippen LogP contribution in [-0.4, -0.2) is 41.9 Å². The first-order valence-electron chi connectivity index (χ1n) is 9.71. The molecule has 2 amide bonds. The Bertz CT molecular complexity index is 1250. The minimum Gasteiger partial charge on any atom is -0.385 e. The van der Waals surface area contributed by atoms with Gasteiger partial charge in [0.1, 0.15) is 0 Å². The fourth-order valence-corrected chi connectivity index (χ4v) is 4.26. The molecule has 3 aromatic rings. The highest BCUT2D eigenvalue weighted by Crippen LogP contribution is 2.43. The number of aryl methyl sites for hydroxylation is 1. The van der Waals surface area contributed by atoms with Crippen LogP contribution in [-0.2, 0) is 4.74 Å². The van der Waals surface area contributed by atoms with Crippen LogP contribution in [0.5, 0.6) is 0 Å². The van der Waals surface area contributed by atoms with E-state index in [4.69, 9.17) is 4.74 Å². The molecule has 31 heavy (non-hydrogen) atoms. The molecule has 1 heterocycles. The lowest BCUT2D eigenvalue weighted by molar-refractivity contribution is -0.384. The van der Waals surface area contributed by atoms with Gasteiger partial charge >= 0.3 is 0 Å². The molecule has 1 aliphatic heterocycles. The molecule has 158 valence electrons. The molecule has 0 bridgehead atoms. The number of imide groups is 1. The summed E-state index contributed by atoms with van der Waals surface area (Å²) < 4.78 is 5.91. The average Bonchev–Trinajstić information content (AvgIpc) is 2.75. The second kappa shape index (κ2) is 8.20. The number of nitro groups is 1. The van der Waals surface area contributed by atoms with Gasteiger partial charge in [-0.15, -0.1) is 0 Å². The molecule has 0 fully saturated rings. The number of carbonyl (C=O) groups is 2. The number of halogens is 1. The molecule has 0 saturated carbocycles. The van der Waals surface area contributed by atoms with Crippen LogP contribution >= 0.6 is 15.9 Å². The highest BCUT2D eigenvalue weighted by Gasteiger charge is 2.36. The van der Waals surface area contributed by atoms with Crippen LogP contribution in [0.1, 0.15) is 32.7 Å². The zero-order valence-corrected chi connectivity index (χ0v) is 18.6. The third kappa shape index (κ3) is 3.51. The number of hydrogen-bond acceptors (Lipinski definition) is 5. The first-order valence-corrected chi connectivity index (χ1v) is 10.5. The number of nitrogens with zero attached hydrogens (tertiary/aromatic N) is 2. The molecule has 0 radical (unpaired) electrons. The quantitative estimate of drug-likeness (QED) is 0.210. The number of benzene rings is 3. The second-order valence-corrected chi connectivity index (χ2v) is 8.23. The van der Waals surface area contributed by atoms with Gasteiger partial charge in [-0.05, 0) is 42.0 Å². The molecule has 0 unspecified atom stereocenters. The van der Waals surface area contributed by atoms with E-state index in [1.807, 2.05) is 19.1 Å². The molecule has 7 nitrogen and oxygen atoms in total. The van der Waals surface area contributed by atoms with Crippen molar-refractivity contribution >= 4 is 44.2 Å². The number of hydrogen-bond donors (Lipinski definition) is 0. The third-order valence-electron chi connectivity index (χ3n) is 5.46. The van der Waals surface area contributed by atoms with E-state index in [1.165, 1.54) is 6.07 Å². The van der Waals surface area contributed by atoms with Gasteiger partial charge < -0.3 is 4.74 Å². The first-order chi connectivity index (χ1) is 14.8. The Kier molecular flexibility index (Phi) is 5.60. The number of rotatable bonds is 6. The molecule has 0 aromatic heterocycles. The average molecular weight is 483 g/mol. The largest absolute Gasteiger partial charge is 0.385 e. The van der Waals surface area contributed by atoms with Crippen LogP contribution in [0.2, 0.25) is 0 Å². The number of nitro benzene ring substituents is 1. The number of methoxy groups -OCH3 is 1. The van der Waals surface area contributed by atoms with Crippen LogP contribution < -0.4 is 0 Å². The third-order valence-corrected chi connectivity index (χ3v) is 6.35. The molecule has 4 rings (SSSR count). The molecule has 0 atom stereocenters. The van der Waals surface area contributed by atoms with Gasteiger partial charge in [-0.25, -0.2) is 0 Å². The summed E-state index contributed by atoms with van der Waals surface area (Å²) in [6.07, 6.45) is 0.484. The summed E-state index contributed by atoms with van der Waals surface area (Å²) >= 11 is 3.45. The summed E-state index contributed by atoms with van der Waals surface area (Å²) in [6.45, 7) is 2.48. The molecule has 8 heteroatoms. The smallest absolute Gasteiger partial charge is 0.278 e. The second-order valence-electron chi connectivity index (χ2n) is 7.38. The molecular weight excluding hydrogens is 464 g/mol. The predicted octanol–water partition coefficient (Wildman–Crippen LogP) is 5.12. The first kappa shape index (κ1) is 21.1. The Morgan fingerprint density at radius 1 is 1.10 bits per heavy atom. The topological polar surface area (TPSA) is 89.8 Å². The number of carbonyl (C=O) groups excluding carboxylic acids is 2. The van der Waals surface area contributed by atoms with Crippen molar-refractivity contribution in [3.05, 3.63) is 73.7 Å². The zero-order chi connectivity index (χ0) is 22.3. The van der Waals surface area contributed by atoms with E-state index < -0.39 is 16.7 Å². The molecular formula is C23H19BrN2O5. The monoisotopic (exact) mass is 482 g/mol. The van der Waals surface area contributed by atoms with Gasteiger partial charge in [-0.2, -0.15) is 0 Å². The van der Waals surface area contributed by atoms with E-state index in [0.717, 1.165) is 14.9 Å². The van der Waals surface area contributed by atoms with E-state index in [-0.39, 0.29) is 17.8 Å². The van der Waals surface area contributed by atoms with E-state index in [1.54, 1.807) is 31.4 Å². The maximum atomic E-state index is 13.2. The Balaban J connectivity index is 2.00. The fourth-order valence-electron chi connectivity index (χ4n) is 4.02. The minimum absolute atomic E-state index is 0.166. The predicted molar refractivity (Wildman–Crippen MR) is 120 cm³/mol. The van der Waals surface area contributed by atoms with Crippen molar-refractivity contribution in [2.75, 3.05) is 20.3 Å². The minimum atomic E-state index is -0.522. The van der Waals surface area contributed by atoms with Gasteiger partial charge in [0.2, 0.25) is 0 Å². The molecule has 0 N–H and O–H groups in total. The Morgan fingerprint density at radius 2 is 1.84 bits per heavy atom. The lowest BCUT2D eigenvalue weighted by Crippen LogP contribution is -2.41. The molecule has 0 aliphatic carbocycles. The standard InChI is InChI=1S/C23H19BrN2O5/c1-13-11-14(7-8-18(13)24)20-15-5-3-6-16-21(15)17(12-19(20)26(29)30)23(28)25(22(16)27)9-4-10-31-2/h3,5-8,11-12H,4,9-10H2,1-2H3. The van der Waals surface area contributed by atoms with Crippen molar-refractivity contribution in [1.82, 2.24) is 4.90 Å². The Morgan fingerprint density at radius 3 is 2.52 bits per heavy atom. The van der Waals surface area contributed by atoms with Crippen molar-refractivity contribution in [2.45, 2.75) is 13.3 Å². The zero-order valence-electron chi connectivity index (χ0n) is 17.0. The van der Waals surface area contributed by atoms with Crippen molar-refractivity contribution < 1.29 is 19.2 Å². The van der Waals surface area contributed by atoms with Gasteiger partial charge in [0.25, 0.3) is 17.5 Å². The maximum absolute atomic E-state index is 13.2. The maximum Gasteiger partial charge on any atom is 0.278 e. The normalized spacial score (nSPS) is 13.2. The van der Waals surface area contributed by atoms with Gasteiger partial charge in [0, 0.05) is 41.8 Å². The summed E-state index contributed by atoms with van der Waals surface area (Å²) in [7, 11) is 1.55. The highest BCUT2D eigenvalue weighted by molar-refractivity contribution is 9.10. The highest BCUT2D eigenvalue weighted by atomic mass is 79.9. The van der Waals surface area contributed by atoms with Crippen LogP contribution in [0.4, 0.5) is 5.69 Å². The van der Waals surface area contributed by atoms with Crippen LogP contribution in [0.25, 0.3) is 21.9 Å². The van der Waals surface area contributed by atoms with Crippen LogP contribution in [0.15, 0.2) is 46.9 Å². The fraction of sp³-hybridized carbons (Fsp3) is 0.217. The van der Waals surface area contributed by atoms with Crippen molar-refractivity contribution in [3.8, 4) is 11.1 Å². The Labute approximate surface area is 186 Å². The van der Waals surface area contributed by atoms with Crippen molar-refractivity contribution in [2.24, 2.45) is 0 Å². The lowest BCUT2D eigenvalue weighted by Gasteiger charge is -2.27. The van der Waals surface area contributed by atoms with Gasteiger partial charge in [0.15, 0.2) is 0 Å². The van der Waals surface area contributed by atoms with Gasteiger partial charge in [-0.3, -0.25) is 24.6 Å².